The van der Waals surface area contributed by atoms with Crippen molar-refractivity contribution in [3.63, 3.8) is 0 Å². The molecule has 9 heteroatoms. The van der Waals surface area contributed by atoms with Crippen LogP contribution in [0, 0.1) is 6.92 Å². The van der Waals surface area contributed by atoms with Crippen LogP contribution in [0.3, 0.4) is 0 Å². The van der Waals surface area contributed by atoms with E-state index in [1.54, 1.807) is 11.8 Å². The molecule has 0 aliphatic carbocycles. The van der Waals surface area contributed by atoms with Crippen molar-refractivity contribution in [2.75, 3.05) is 24.3 Å². The lowest BCUT2D eigenvalue weighted by atomic mass is 9.97. The van der Waals surface area contributed by atoms with E-state index in [0.717, 1.165) is 22.4 Å². The number of hydrogen-bond donors (Lipinski definition) is 1. The van der Waals surface area contributed by atoms with Gasteiger partial charge in [0.2, 0.25) is 6.17 Å². The quantitative estimate of drug-likeness (QED) is 0.346. The van der Waals surface area contributed by atoms with E-state index >= 15 is 0 Å². The fourth-order valence-electron chi connectivity index (χ4n) is 5.20. The number of nitrogens with zero attached hydrogens (tertiary/aromatic N) is 4. The van der Waals surface area contributed by atoms with Crippen LogP contribution < -0.4 is 16.2 Å². The first-order valence-electron chi connectivity index (χ1n) is 11.9. The van der Waals surface area contributed by atoms with Crippen LogP contribution in [0.5, 0.6) is 0 Å². The number of methoxy groups -OCH3 is 1. The van der Waals surface area contributed by atoms with Crippen molar-refractivity contribution in [3.05, 3.63) is 99.1 Å². The Bertz CT molecular complexity index is 1710. The van der Waals surface area contributed by atoms with Crippen LogP contribution in [-0.4, -0.2) is 40.8 Å². The molecule has 2 aliphatic heterocycles. The van der Waals surface area contributed by atoms with Crippen LogP contribution in [0.15, 0.2) is 70.5 Å². The van der Waals surface area contributed by atoms with Gasteiger partial charge in [-0.25, -0.2) is 14.8 Å². The van der Waals surface area contributed by atoms with Crippen LogP contribution >= 0.6 is 0 Å². The largest absolute Gasteiger partial charge is 0.465 e. The third-order valence-corrected chi connectivity index (χ3v) is 6.87. The van der Waals surface area contributed by atoms with Gasteiger partial charge in [0, 0.05) is 23.4 Å². The van der Waals surface area contributed by atoms with Gasteiger partial charge >= 0.3 is 5.97 Å². The number of aromatic nitrogens is 2. The maximum Gasteiger partial charge on any atom is 0.337 e. The van der Waals surface area contributed by atoms with Gasteiger partial charge in [-0.05, 0) is 49.2 Å². The molecule has 0 saturated carbocycles. The zero-order valence-corrected chi connectivity index (χ0v) is 20.3. The summed E-state index contributed by atoms with van der Waals surface area (Å²) in [5.41, 5.74) is 11.0. The molecule has 37 heavy (non-hydrogen) atoms. The van der Waals surface area contributed by atoms with E-state index in [1.807, 2.05) is 42.5 Å². The summed E-state index contributed by atoms with van der Waals surface area (Å²) in [6, 6.07) is 17.8. The molecular weight excluding hydrogens is 470 g/mol. The van der Waals surface area contributed by atoms with Gasteiger partial charge < -0.3 is 15.4 Å². The highest BCUT2D eigenvalue weighted by Crippen LogP contribution is 2.39. The summed E-state index contributed by atoms with van der Waals surface area (Å²) < 4.78 is 6.12. The standard InChI is InChI=1S/C28H23N5O4/c1-15-30-22-13-18(28(36)37-2)8-9-20(22)26(34)33(15)25-27(35)32-11-10-17-12-19(29)14-21(24(17)32)23(31-25)16-6-4-3-5-7-16/h3-9,12-14,25H,10-11,29H2,1-2H3. The molecule has 3 heterocycles. The van der Waals surface area contributed by atoms with E-state index in [2.05, 4.69) is 4.98 Å². The number of hydrogen-bond acceptors (Lipinski definition) is 7. The van der Waals surface area contributed by atoms with E-state index in [4.69, 9.17) is 15.5 Å². The number of carbonyl (C=O) groups excluding carboxylic acids is 2. The number of fused-ring (bicyclic) bond motifs is 1. The minimum absolute atomic E-state index is 0.274. The lowest BCUT2D eigenvalue weighted by Gasteiger charge is -2.23. The molecule has 0 radical (unpaired) electrons. The van der Waals surface area contributed by atoms with Crippen LogP contribution in [-0.2, 0) is 16.0 Å². The summed E-state index contributed by atoms with van der Waals surface area (Å²) in [6.07, 6.45) is -0.506. The lowest BCUT2D eigenvalue weighted by molar-refractivity contribution is -0.121. The summed E-state index contributed by atoms with van der Waals surface area (Å²) >= 11 is 0. The number of rotatable bonds is 3. The molecule has 184 valence electrons. The predicted octanol–water partition coefficient (Wildman–Crippen LogP) is 3.01. The summed E-state index contributed by atoms with van der Waals surface area (Å²) in [7, 11) is 1.29. The third-order valence-electron chi connectivity index (χ3n) is 6.87. The molecule has 6 rings (SSSR count). The second-order valence-corrected chi connectivity index (χ2v) is 9.09. The first-order chi connectivity index (χ1) is 17.9. The number of nitrogens with two attached hydrogens (primary N) is 1. The molecule has 0 spiro atoms. The number of benzene rings is 3. The Morgan fingerprint density at radius 2 is 1.86 bits per heavy atom. The Hall–Kier alpha value is -4.79. The first-order valence-corrected chi connectivity index (χ1v) is 11.9. The maximum atomic E-state index is 14.0. The fourth-order valence-corrected chi connectivity index (χ4v) is 5.20. The number of carbonyl (C=O) groups is 2. The fraction of sp³-hybridized carbons (Fsp3) is 0.179. The average Bonchev–Trinajstić information content (AvgIpc) is 3.28. The maximum absolute atomic E-state index is 14.0. The van der Waals surface area contributed by atoms with Crippen molar-refractivity contribution in [1.82, 2.24) is 9.55 Å². The lowest BCUT2D eigenvalue weighted by Crippen LogP contribution is -2.39. The Balaban J connectivity index is 1.61. The van der Waals surface area contributed by atoms with Crippen LogP contribution in [0.1, 0.15) is 39.0 Å². The van der Waals surface area contributed by atoms with Gasteiger partial charge in [0.1, 0.15) is 5.82 Å². The molecule has 2 aliphatic rings. The van der Waals surface area contributed by atoms with Gasteiger partial charge in [-0.3, -0.25) is 14.2 Å². The summed E-state index contributed by atoms with van der Waals surface area (Å²) in [6.45, 7) is 2.12. The van der Waals surface area contributed by atoms with Crippen LogP contribution in [0.4, 0.5) is 11.4 Å². The van der Waals surface area contributed by atoms with Gasteiger partial charge in [0.05, 0.1) is 35.0 Å². The molecule has 0 bridgehead atoms. The van der Waals surface area contributed by atoms with E-state index in [1.165, 1.54) is 29.9 Å². The zero-order chi connectivity index (χ0) is 25.8. The SMILES string of the molecule is COC(=O)c1ccc2c(=O)n(C3N=C(c4ccccc4)c4cc(N)cc5c4N(CC5)C3=O)c(C)nc2c1. The number of aliphatic imine (C=N–C) groups is 1. The monoisotopic (exact) mass is 493 g/mol. The molecule has 0 saturated heterocycles. The molecule has 0 fully saturated rings. The van der Waals surface area contributed by atoms with E-state index in [9.17, 15) is 14.4 Å². The van der Waals surface area contributed by atoms with Crippen molar-refractivity contribution in [2.24, 2.45) is 4.99 Å². The van der Waals surface area contributed by atoms with Crippen molar-refractivity contribution < 1.29 is 14.3 Å². The van der Waals surface area contributed by atoms with E-state index in [-0.39, 0.29) is 16.9 Å². The van der Waals surface area contributed by atoms with Crippen molar-refractivity contribution >= 4 is 39.9 Å². The second kappa shape index (κ2) is 8.41. The second-order valence-electron chi connectivity index (χ2n) is 9.09. The molecule has 1 unspecified atom stereocenters. The summed E-state index contributed by atoms with van der Waals surface area (Å²) in [4.78, 5) is 51.0. The Morgan fingerprint density at radius 3 is 2.62 bits per heavy atom. The van der Waals surface area contributed by atoms with Gasteiger partial charge in [-0.1, -0.05) is 30.3 Å². The minimum atomic E-state index is -1.17. The molecule has 2 N–H and O–H groups in total. The topological polar surface area (TPSA) is 120 Å². The highest BCUT2D eigenvalue weighted by molar-refractivity contribution is 6.21. The first kappa shape index (κ1) is 22.7. The van der Waals surface area contributed by atoms with Gasteiger partial charge in [0.25, 0.3) is 11.5 Å². The zero-order valence-electron chi connectivity index (χ0n) is 20.3. The molecular formula is C28H23N5O4. The van der Waals surface area contributed by atoms with Crippen LogP contribution in [0.25, 0.3) is 10.9 Å². The number of ether oxygens (including phenoxy) is 1. The van der Waals surface area contributed by atoms with Crippen LogP contribution in [0.2, 0.25) is 0 Å². The van der Waals surface area contributed by atoms with Gasteiger partial charge in [-0.15, -0.1) is 0 Å². The molecule has 1 aromatic heterocycles. The predicted molar refractivity (Wildman–Crippen MR) is 140 cm³/mol. The number of amides is 1. The van der Waals surface area contributed by atoms with Crippen molar-refractivity contribution in [2.45, 2.75) is 19.5 Å². The number of esters is 1. The van der Waals surface area contributed by atoms with E-state index < -0.39 is 17.7 Å². The third kappa shape index (κ3) is 3.50. The average molecular weight is 494 g/mol. The Morgan fingerprint density at radius 1 is 1.08 bits per heavy atom. The summed E-state index contributed by atoms with van der Waals surface area (Å²) in [5, 5.41) is 0.274. The smallest absolute Gasteiger partial charge is 0.337 e. The molecule has 9 nitrogen and oxygen atoms in total. The number of nitrogen functional groups attached to an aromatic ring is 1. The van der Waals surface area contributed by atoms with Crippen molar-refractivity contribution in [3.8, 4) is 0 Å². The number of anilines is 2. The Labute approximate surface area is 211 Å². The van der Waals surface area contributed by atoms with Gasteiger partial charge in [0.15, 0.2) is 0 Å². The Kier molecular flexibility index (Phi) is 5.15. The minimum Gasteiger partial charge on any atom is -0.465 e. The van der Waals surface area contributed by atoms with Gasteiger partial charge in [-0.2, -0.15) is 0 Å². The molecule has 1 amide bonds. The van der Waals surface area contributed by atoms with E-state index in [0.29, 0.717) is 35.7 Å². The normalized spacial score (nSPS) is 16.4. The molecule has 1 atom stereocenters. The summed E-state index contributed by atoms with van der Waals surface area (Å²) in [5.74, 6) is -0.532. The molecule has 4 aromatic rings. The highest BCUT2D eigenvalue weighted by atomic mass is 16.5. The molecule has 3 aromatic carbocycles. The number of aryl methyl sites for hydroxylation is 1. The highest BCUT2D eigenvalue weighted by Gasteiger charge is 2.38. The van der Waals surface area contributed by atoms with Crippen molar-refractivity contribution in [1.29, 1.82) is 0 Å².